The number of guanidine groups is 1. The topological polar surface area (TPSA) is 48.9 Å². The molecule has 0 aromatic carbocycles. The van der Waals surface area contributed by atoms with Crippen LogP contribution in [0.2, 0.25) is 0 Å². The van der Waals surface area contributed by atoms with Gasteiger partial charge in [0.15, 0.2) is 5.96 Å². The van der Waals surface area contributed by atoms with Gasteiger partial charge in [-0.15, -0.1) is 24.0 Å². The molecule has 29 heavy (non-hydrogen) atoms. The van der Waals surface area contributed by atoms with Crippen LogP contribution in [0.5, 0.6) is 0 Å². The molecular formula is C23H47IN4O. The molecule has 6 heteroatoms. The molecule has 172 valence electrons. The molecule has 2 heterocycles. The minimum atomic E-state index is 0. The zero-order chi connectivity index (χ0) is 20.6. The third kappa shape index (κ3) is 9.72. The van der Waals surface area contributed by atoms with Crippen molar-refractivity contribution in [2.75, 3.05) is 45.9 Å². The number of rotatable bonds is 7. The van der Waals surface area contributed by atoms with Gasteiger partial charge in [-0.3, -0.25) is 4.99 Å². The Kier molecular flexibility index (Phi) is 12.4. The number of aliphatic imine (C=N–C) groups is 1. The molecule has 0 radical (unpaired) electrons. The highest BCUT2D eigenvalue weighted by atomic mass is 127. The molecule has 0 aromatic heterocycles. The number of hydrogen-bond acceptors (Lipinski definition) is 3. The van der Waals surface area contributed by atoms with E-state index in [9.17, 15) is 0 Å². The molecule has 2 N–H and O–H groups in total. The van der Waals surface area contributed by atoms with Crippen molar-refractivity contribution in [3.63, 3.8) is 0 Å². The van der Waals surface area contributed by atoms with E-state index in [2.05, 4.69) is 57.1 Å². The maximum atomic E-state index is 6.14. The van der Waals surface area contributed by atoms with Crippen LogP contribution >= 0.6 is 24.0 Å². The Morgan fingerprint density at radius 1 is 1.17 bits per heavy atom. The van der Waals surface area contributed by atoms with Crippen molar-refractivity contribution in [1.29, 1.82) is 0 Å². The minimum Gasteiger partial charge on any atom is -0.377 e. The van der Waals surface area contributed by atoms with Crippen molar-refractivity contribution >= 4 is 29.9 Å². The maximum absolute atomic E-state index is 6.14. The van der Waals surface area contributed by atoms with Crippen LogP contribution in [-0.2, 0) is 4.74 Å². The van der Waals surface area contributed by atoms with Crippen LogP contribution in [0.25, 0.3) is 0 Å². The number of halogens is 1. The van der Waals surface area contributed by atoms with Gasteiger partial charge < -0.3 is 20.3 Å². The van der Waals surface area contributed by atoms with Crippen molar-refractivity contribution in [1.82, 2.24) is 15.5 Å². The minimum absolute atomic E-state index is 0. The average Bonchev–Trinajstić information content (AvgIpc) is 2.63. The van der Waals surface area contributed by atoms with E-state index in [1.165, 1.54) is 45.3 Å². The summed E-state index contributed by atoms with van der Waals surface area (Å²) in [4.78, 5) is 7.58. The summed E-state index contributed by atoms with van der Waals surface area (Å²) in [6.07, 6.45) is 5.34. The van der Waals surface area contributed by atoms with Gasteiger partial charge in [-0.25, -0.2) is 0 Å². The zero-order valence-corrected chi connectivity index (χ0v) is 22.1. The van der Waals surface area contributed by atoms with Crippen molar-refractivity contribution < 1.29 is 4.74 Å². The van der Waals surface area contributed by atoms with Gasteiger partial charge in [-0.05, 0) is 56.4 Å². The van der Waals surface area contributed by atoms with E-state index < -0.39 is 0 Å². The van der Waals surface area contributed by atoms with Gasteiger partial charge in [-0.1, -0.05) is 34.6 Å². The number of nitrogens with zero attached hydrogens (tertiary/aromatic N) is 2. The fraction of sp³-hybridized carbons (Fsp3) is 0.957. The molecule has 2 fully saturated rings. The summed E-state index contributed by atoms with van der Waals surface area (Å²) in [5.41, 5.74) is 0.185. The lowest BCUT2D eigenvalue weighted by atomic mass is 9.78. The fourth-order valence-electron chi connectivity index (χ4n) is 4.78. The summed E-state index contributed by atoms with van der Waals surface area (Å²) in [5, 5.41) is 7.06. The molecule has 2 aliphatic heterocycles. The molecule has 0 saturated carbocycles. The van der Waals surface area contributed by atoms with Gasteiger partial charge >= 0.3 is 0 Å². The van der Waals surface area contributed by atoms with Gasteiger partial charge in [-0.2, -0.15) is 0 Å². The number of piperidine rings is 1. The molecule has 0 aromatic rings. The van der Waals surface area contributed by atoms with Gasteiger partial charge in [0.2, 0.25) is 0 Å². The third-order valence-corrected chi connectivity index (χ3v) is 5.91. The Labute approximate surface area is 197 Å². The van der Waals surface area contributed by atoms with Crippen LogP contribution in [0.4, 0.5) is 0 Å². The lowest BCUT2D eigenvalue weighted by Gasteiger charge is -2.40. The van der Waals surface area contributed by atoms with E-state index in [-0.39, 0.29) is 29.4 Å². The second-order valence-electron chi connectivity index (χ2n) is 10.3. The first-order valence-corrected chi connectivity index (χ1v) is 11.7. The molecule has 0 amide bonds. The molecule has 2 saturated heterocycles. The van der Waals surface area contributed by atoms with Gasteiger partial charge in [0.1, 0.15) is 0 Å². The maximum Gasteiger partial charge on any atom is 0.191 e. The van der Waals surface area contributed by atoms with E-state index in [1.807, 2.05) is 0 Å². The monoisotopic (exact) mass is 522 g/mol. The Balaban J connectivity index is 0.00000420. The summed E-state index contributed by atoms with van der Waals surface area (Å²) in [5.74, 6) is 2.95. The summed E-state index contributed by atoms with van der Waals surface area (Å²) in [6.45, 7) is 21.0. The van der Waals surface area contributed by atoms with Gasteiger partial charge in [0.25, 0.3) is 0 Å². The van der Waals surface area contributed by atoms with Crippen LogP contribution in [0.15, 0.2) is 4.99 Å². The number of hydrogen-bond donors (Lipinski definition) is 2. The third-order valence-electron chi connectivity index (χ3n) is 5.91. The predicted octanol–water partition coefficient (Wildman–Crippen LogP) is 4.37. The van der Waals surface area contributed by atoms with E-state index in [1.54, 1.807) is 0 Å². The fourth-order valence-corrected chi connectivity index (χ4v) is 4.78. The number of likely N-dealkylation sites (tertiary alicyclic amines) is 1. The first kappa shape index (κ1) is 27.0. The molecule has 3 atom stereocenters. The Morgan fingerprint density at radius 2 is 1.93 bits per heavy atom. The van der Waals surface area contributed by atoms with Crippen molar-refractivity contribution in [2.45, 2.75) is 73.3 Å². The van der Waals surface area contributed by atoms with Crippen molar-refractivity contribution in [2.24, 2.45) is 28.2 Å². The van der Waals surface area contributed by atoms with Crippen LogP contribution in [0.1, 0.15) is 67.2 Å². The molecule has 3 unspecified atom stereocenters. The number of ether oxygens (including phenoxy) is 1. The smallest absolute Gasteiger partial charge is 0.191 e. The van der Waals surface area contributed by atoms with E-state index in [0.717, 1.165) is 38.1 Å². The molecule has 0 bridgehead atoms. The number of nitrogens with one attached hydrogen (secondary N) is 2. The molecule has 0 aliphatic carbocycles. The first-order chi connectivity index (χ1) is 13.3. The summed E-state index contributed by atoms with van der Waals surface area (Å²) in [7, 11) is 0. The first-order valence-electron chi connectivity index (χ1n) is 11.7. The molecule has 5 nitrogen and oxygen atoms in total. The predicted molar refractivity (Wildman–Crippen MR) is 135 cm³/mol. The van der Waals surface area contributed by atoms with Gasteiger partial charge in [0.05, 0.1) is 6.10 Å². The van der Waals surface area contributed by atoms with Crippen LogP contribution < -0.4 is 10.6 Å². The Bertz CT molecular complexity index is 478. The largest absolute Gasteiger partial charge is 0.377 e. The zero-order valence-electron chi connectivity index (χ0n) is 19.8. The lowest BCUT2D eigenvalue weighted by Crippen LogP contribution is -2.47. The second kappa shape index (κ2) is 13.4. The van der Waals surface area contributed by atoms with Crippen LogP contribution in [0, 0.1) is 23.2 Å². The lowest BCUT2D eigenvalue weighted by molar-refractivity contribution is -0.0835. The quantitative estimate of drug-likeness (QED) is 0.296. The highest BCUT2D eigenvalue weighted by Crippen LogP contribution is 2.33. The Hall–Kier alpha value is -0.0800. The van der Waals surface area contributed by atoms with Crippen LogP contribution in [0.3, 0.4) is 0 Å². The summed E-state index contributed by atoms with van der Waals surface area (Å²) >= 11 is 0. The highest BCUT2D eigenvalue weighted by molar-refractivity contribution is 14.0. The summed E-state index contributed by atoms with van der Waals surface area (Å²) in [6, 6.07) is 0. The summed E-state index contributed by atoms with van der Waals surface area (Å²) < 4.78 is 6.14. The van der Waals surface area contributed by atoms with Gasteiger partial charge in [0, 0.05) is 45.2 Å². The van der Waals surface area contributed by atoms with Crippen LogP contribution in [-0.4, -0.2) is 62.8 Å². The Morgan fingerprint density at radius 3 is 2.59 bits per heavy atom. The second-order valence-corrected chi connectivity index (χ2v) is 10.3. The van der Waals surface area contributed by atoms with E-state index in [4.69, 9.17) is 9.73 Å². The van der Waals surface area contributed by atoms with E-state index in [0.29, 0.717) is 17.9 Å². The molecule has 0 spiro atoms. The van der Waals surface area contributed by atoms with Crippen molar-refractivity contribution in [3.8, 4) is 0 Å². The standard InChI is InChI=1S/C23H46N4O.HI/c1-7-24-22(25-14-19-10-8-12-27(17-19)16-18(2)3)26-15-20-11-9-13-28-21(20)23(4,5)6;/h18-21H,7-17H2,1-6H3,(H2,24,25,26);1H. The average molecular weight is 523 g/mol. The molecular weight excluding hydrogens is 475 g/mol. The van der Waals surface area contributed by atoms with Crippen molar-refractivity contribution in [3.05, 3.63) is 0 Å². The molecule has 2 rings (SSSR count). The highest BCUT2D eigenvalue weighted by Gasteiger charge is 2.35. The SMILES string of the molecule is CCNC(=NCC1CCCN(CC(C)C)C1)NCC1CCCOC1C(C)(C)C.I. The normalized spacial score (nSPS) is 26.9. The molecule has 2 aliphatic rings. The van der Waals surface area contributed by atoms with E-state index >= 15 is 0 Å².